The summed E-state index contributed by atoms with van der Waals surface area (Å²) in [5, 5.41) is 59.0. The molecule has 4 aliphatic rings. The van der Waals surface area contributed by atoms with Crippen LogP contribution in [0.2, 0.25) is 0 Å². The molecule has 0 saturated heterocycles. The van der Waals surface area contributed by atoms with E-state index in [0.717, 1.165) is 96.3 Å². The average molecular weight is 1830 g/mol. The maximum Gasteiger partial charge on any atom is 0.369 e. The zero-order chi connectivity index (χ0) is 95.6. The molecule has 40 heteroatoms. The quantitative estimate of drug-likeness (QED) is 0.0126. The molecule has 0 aromatic rings. The molecule has 0 radical (unpaired) electrons. The van der Waals surface area contributed by atoms with E-state index in [2.05, 4.69) is 18.9 Å². The summed E-state index contributed by atoms with van der Waals surface area (Å²) < 4.78 is 249. The van der Waals surface area contributed by atoms with Gasteiger partial charge in [0.15, 0.2) is 64.9 Å². The number of carbonyl (C=O) groups is 4. The maximum atomic E-state index is 13.6. The Morgan fingerprint density at radius 2 is 0.487 bits per heavy atom. The van der Waals surface area contributed by atoms with Gasteiger partial charge in [-0.15, -0.1) is 0 Å². The third-order valence-electron chi connectivity index (χ3n) is 24.1. The van der Waals surface area contributed by atoms with Crippen molar-refractivity contribution in [1.29, 1.82) is 0 Å². The van der Waals surface area contributed by atoms with E-state index in [9.17, 15) is 122 Å². The van der Waals surface area contributed by atoms with Crippen LogP contribution in [0, 0.1) is 41.4 Å². The number of hydrogen-bond acceptors (Lipinski definition) is 28. The van der Waals surface area contributed by atoms with Crippen LogP contribution in [0.25, 0.3) is 0 Å². The van der Waals surface area contributed by atoms with Crippen molar-refractivity contribution in [3.8, 4) is 0 Å². The van der Waals surface area contributed by atoms with E-state index >= 15 is 0 Å². The monoisotopic (exact) mass is 1820 g/mol. The lowest BCUT2D eigenvalue weighted by atomic mass is 9.63. The first-order chi connectivity index (χ1) is 53.5. The van der Waals surface area contributed by atoms with Gasteiger partial charge in [-0.05, 0) is 204 Å². The molecule has 0 aliphatic heterocycles. The second kappa shape index (κ2) is 52.1. The number of aliphatic hydroxyl groups is 8. The van der Waals surface area contributed by atoms with Gasteiger partial charge in [-0.25, -0.2) is 33.7 Å². The standard InChI is InChI=1S/C17H30F2O7S.C13H22F2O6S.C10H16F2O5S.C9H14F2O5S.5C6H14O/c1-6-15(21,7-2)12-11(13(12)16(22,8-3)9-4)14(20)26-10(5)17(18,19)27(23,24)25;1-4-12(17,5-2)10-7-6-9(10)11(16)21-8(3)13(14,15)22(18,19)20;1-7(10(11,12)18(14,15)16)17-9(13)8-5-3-2-4-6-8;1-6(9(10,11)17(13,14)15)16-8(12)7-4-2-3-5-7;5*1-4-6(3,7)5-2/h10-13,21-22H,6-9H2,1-5H3,(H,23,24,25);8-10,17H,4-7H2,1-3H3,(H,18,19,20);7-8H,2-6H2,1H3,(H,14,15,16);6-7H,2-5H2,1H3,(H,13,14,15);5*7H,4-5H2,1-3H3/p-4. The van der Waals surface area contributed by atoms with E-state index in [-0.39, 0.29) is 25.7 Å². The highest BCUT2D eigenvalue weighted by atomic mass is 32.2. The van der Waals surface area contributed by atoms with Crippen molar-refractivity contribution in [1.82, 2.24) is 0 Å². The molecule has 716 valence electrons. The first-order valence-electron chi connectivity index (χ1n) is 41.4. The van der Waals surface area contributed by atoms with Crippen LogP contribution in [0.5, 0.6) is 0 Å². The number of ether oxygens (including phenoxy) is 4. The minimum Gasteiger partial charge on any atom is -0.743 e. The van der Waals surface area contributed by atoms with Gasteiger partial charge in [-0.3, -0.25) is 19.2 Å². The summed E-state index contributed by atoms with van der Waals surface area (Å²) in [6.07, 6.45) is 8.34. The van der Waals surface area contributed by atoms with E-state index in [1.165, 1.54) is 0 Å². The lowest BCUT2D eigenvalue weighted by molar-refractivity contribution is -0.180. The highest BCUT2D eigenvalue weighted by Crippen LogP contribution is 2.62. The molecule has 4 saturated carbocycles. The van der Waals surface area contributed by atoms with Gasteiger partial charge in [0, 0.05) is 17.8 Å². The highest BCUT2D eigenvalue weighted by molar-refractivity contribution is 7.87. The van der Waals surface area contributed by atoms with E-state index in [1.807, 2.05) is 104 Å². The Kier molecular flexibility index (Phi) is 54.3. The molecule has 0 aromatic carbocycles. The minimum atomic E-state index is -6.01. The molecule has 0 bridgehead atoms. The molecule has 4 fully saturated rings. The fraction of sp³-hybridized carbons (Fsp3) is 0.949. The second-order valence-corrected chi connectivity index (χ2v) is 38.3. The van der Waals surface area contributed by atoms with Crippen molar-refractivity contribution < 1.29 is 166 Å². The first kappa shape index (κ1) is 124. The van der Waals surface area contributed by atoms with Crippen LogP contribution in [-0.4, -0.2) is 207 Å². The normalized spacial score (nSPS) is 19.8. The third kappa shape index (κ3) is 40.9. The van der Waals surface area contributed by atoms with Crippen LogP contribution in [0.4, 0.5) is 35.1 Å². The van der Waals surface area contributed by atoms with Gasteiger partial charge in [0.25, 0.3) is 0 Å². The van der Waals surface area contributed by atoms with Gasteiger partial charge in [0.05, 0.1) is 68.5 Å². The van der Waals surface area contributed by atoms with Crippen molar-refractivity contribution in [2.45, 2.75) is 437 Å². The Morgan fingerprint density at radius 1 is 0.303 bits per heavy atom. The molecular formula is C79H148F8O28S4-4. The number of halogens is 8. The van der Waals surface area contributed by atoms with Crippen LogP contribution in [0.1, 0.15) is 346 Å². The van der Waals surface area contributed by atoms with Gasteiger partial charge < -0.3 is 78.0 Å². The number of hydrogen-bond donors (Lipinski definition) is 8. The molecule has 8 unspecified atom stereocenters. The zero-order valence-corrected chi connectivity index (χ0v) is 78.1. The van der Waals surface area contributed by atoms with E-state index in [0.29, 0.717) is 79.1 Å². The van der Waals surface area contributed by atoms with Crippen LogP contribution >= 0.6 is 0 Å². The van der Waals surface area contributed by atoms with Crippen LogP contribution in [0.15, 0.2) is 0 Å². The predicted molar refractivity (Wildman–Crippen MR) is 429 cm³/mol. The molecule has 4 aliphatic carbocycles. The van der Waals surface area contributed by atoms with Crippen molar-refractivity contribution in [2.24, 2.45) is 41.4 Å². The fourth-order valence-corrected chi connectivity index (χ4v) is 13.3. The molecular weight excluding hydrogens is 1680 g/mol. The molecule has 119 heavy (non-hydrogen) atoms. The maximum absolute atomic E-state index is 13.6. The lowest BCUT2D eigenvalue weighted by Gasteiger charge is -2.45. The Hall–Kier alpha value is -3.36. The van der Waals surface area contributed by atoms with Crippen molar-refractivity contribution >= 4 is 64.3 Å². The highest BCUT2D eigenvalue weighted by Gasteiger charge is 2.70. The number of carbonyl (C=O) groups excluding carboxylic acids is 4. The van der Waals surface area contributed by atoms with Crippen molar-refractivity contribution in [3.05, 3.63) is 0 Å². The zero-order valence-electron chi connectivity index (χ0n) is 74.8. The van der Waals surface area contributed by atoms with Gasteiger partial charge in [0.1, 0.15) is 0 Å². The van der Waals surface area contributed by atoms with E-state index < -0.39 is 196 Å². The summed E-state index contributed by atoms with van der Waals surface area (Å²) in [5.41, 5.74) is -5.77. The third-order valence-corrected chi connectivity index (χ3v) is 28.1. The molecule has 8 atom stereocenters. The van der Waals surface area contributed by atoms with E-state index in [1.54, 1.807) is 41.5 Å². The summed E-state index contributed by atoms with van der Waals surface area (Å²) in [5.74, 6) is -8.50. The summed E-state index contributed by atoms with van der Waals surface area (Å²) in [7, 11) is -23.6. The molecule has 0 amide bonds. The molecule has 0 aromatic heterocycles. The molecule has 8 N–H and O–H groups in total. The van der Waals surface area contributed by atoms with Crippen molar-refractivity contribution in [3.63, 3.8) is 0 Å². The largest absolute Gasteiger partial charge is 0.743 e. The predicted octanol–water partition coefficient (Wildman–Crippen LogP) is 14.3. The Labute approximate surface area is 705 Å². The topological polar surface area (TPSA) is 496 Å². The second-order valence-electron chi connectivity index (χ2n) is 32.5. The number of esters is 4. The Morgan fingerprint density at radius 3 is 0.647 bits per heavy atom. The van der Waals surface area contributed by atoms with Gasteiger partial charge >= 0.3 is 44.9 Å². The Bertz CT molecular complexity index is 3250. The SMILES string of the molecule is CC(OC(=O)C1CCCC1)C(F)(F)S(=O)(=O)[O-].CC(OC(=O)C1CCCCC1)C(F)(F)S(=O)(=O)[O-].CCC(C)(O)CC.CCC(C)(O)CC.CCC(C)(O)CC.CCC(C)(O)CC.CCC(C)(O)CC.CCC(O)(CC)C1C(C(=O)OC(C)C(F)(F)S(=O)(=O)[O-])C1C(O)(CC)CC.CCC(O)(CC)C1CCC1C(=O)OC(C)C(F)(F)S(=O)(=O)[O-]. The Balaban J connectivity index is -0.000000431. The average Bonchev–Trinajstić information content (AvgIpc) is 1.54. The van der Waals surface area contributed by atoms with Gasteiger partial charge in [-0.1, -0.05) is 143 Å². The summed E-state index contributed by atoms with van der Waals surface area (Å²) in [4.78, 5) is 47.3. The molecule has 28 nitrogen and oxygen atoms in total. The van der Waals surface area contributed by atoms with Crippen molar-refractivity contribution in [2.75, 3.05) is 0 Å². The summed E-state index contributed by atoms with van der Waals surface area (Å²) in [6, 6.07) is 0. The number of alkyl halides is 8. The lowest BCUT2D eigenvalue weighted by Crippen LogP contribution is -2.51. The van der Waals surface area contributed by atoms with Gasteiger partial charge in [-0.2, -0.15) is 35.1 Å². The van der Waals surface area contributed by atoms with Gasteiger partial charge in [0.2, 0.25) is 0 Å². The molecule has 0 heterocycles. The smallest absolute Gasteiger partial charge is 0.369 e. The van der Waals surface area contributed by atoms with Crippen LogP contribution < -0.4 is 0 Å². The van der Waals surface area contributed by atoms with Crippen LogP contribution in [0.3, 0.4) is 0 Å². The van der Waals surface area contributed by atoms with Crippen LogP contribution in [-0.2, 0) is 78.6 Å². The molecule has 0 spiro atoms. The molecule has 4 rings (SSSR count). The first-order valence-corrected chi connectivity index (χ1v) is 47.1. The fourth-order valence-electron chi connectivity index (χ4n) is 11.5. The summed E-state index contributed by atoms with van der Waals surface area (Å²) >= 11 is 0. The summed E-state index contributed by atoms with van der Waals surface area (Å²) in [6.45, 7) is 42.2. The van der Waals surface area contributed by atoms with E-state index in [4.69, 9.17) is 25.5 Å². The number of rotatable bonds is 35. The minimum absolute atomic E-state index is 0.276.